The Morgan fingerprint density at radius 3 is 2.61 bits per heavy atom. The SMILES string of the molecule is COCCCNC(=O)[C@]1(Cc2ccccc2)N=CN(CC2CC2)[C@H]1c1ccc(Cl)cc1. The quantitative estimate of drug-likeness (QED) is 0.562. The fourth-order valence-electron chi connectivity index (χ4n) is 4.34. The molecule has 1 amide bonds. The number of benzene rings is 2. The van der Waals surface area contributed by atoms with Crippen LogP contribution in [0.4, 0.5) is 0 Å². The third-order valence-electron chi connectivity index (χ3n) is 6.09. The van der Waals surface area contributed by atoms with Gasteiger partial charge in [-0.2, -0.15) is 0 Å². The standard InChI is InChI=1S/C25H30ClN3O2/c1-31-15-5-14-27-24(30)25(16-19-6-3-2-4-7-19)23(21-10-12-22(26)13-11-21)29(18-28-25)17-20-8-9-20/h2-4,6-7,10-13,18,20,23H,5,8-9,14-17H2,1H3,(H,27,30)/t23-,25+/m0/s1. The van der Waals surface area contributed by atoms with Crippen molar-refractivity contribution < 1.29 is 9.53 Å². The van der Waals surface area contributed by atoms with E-state index in [0.717, 1.165) is 24.1 Å². The van der Waals surface area contributed by atoms with E-state index < -0.39 is 5.54 Å². The van der Waals surface area contributed by atoms with Gasteiger partial charge in [-0.3, -0.25) is 9.79 Å². The zero-order valence-electron chi connectivity index (χ0n) is 18.0. The molecular weight excluding hydrogens is 410 g/mol. The number of rotatable bonds is 10. The van der Waals surface area contributed by atoms with Crippen LogP contribution in [0.15, 0.2) is 59.6 Å². The number of methoxy groups -OCH3 is 1. The Morgan fingerprint density at radius 2 is 1.94 bits per heavy atom. The van der Waals surface area contributed by atoms with Crippen LogP contribution in [-0.4, -0.2) is 49.5 Å². The highest BCUT2D eigenvalue weighted by Crippen LogP contribution is 2.43. The highest BCUT2D eigenvalue weighted by molar-refractivity contribution is 6.30. The molecule has 2 aromatic rings. The number of amides is 1. The summed E-state index contributed by atoms with van der Waals surface area (Å²) in [7, 11) is 1.67. The smallest absolute Gasteiger partial charge is 0.250 e. The summed E-state index contributed by atoms with van der Waals surface area (Å²) in [5, 5.41) is 3.82. The number of halogens is 1. The first-order chi connectivity index (χ1) is 15.1. The van der Waals surface area contributed by atoms with Gasteiger partial charge in [-0.15, -0.1) is 0 Å². The minimum absolute atomic E-state index is 0.0399. The summed E-state index contributed by atoms with van der Waals surface area (Å²) >= 11 is 6.17. The van der Waals surface area contributed by atoms with Gasteiger partial charge >= 0.3 is 0 Å². The number of carbonyl (C=O) groups excluding carboxylic acids is 1. The molecule has 6 heteroatoms. The molecule has 5 nitrogen and oxygen atoms in total. The van der Waals surface area contributed by atoms with Crippen LogP contribution >= 0.6 is 11.6 Å². The molecule has 1 saturated carbocycles. The lowest BCUT2D eigenvalue weighted by Crippen LogP contribution is -2.52. The maximum absolute atomic E-state index is 13.7. The Kier molecular flexibility index (Phi) is 6.93. The number of hydrogen-bond donors (Lipinski definition) is 1. The lowest BCUT2D eigenvalue weighted by atomic mass is 9.79. The van der Waals surface area contributed by atoms with Crippen LogP contribution in [0.5, 0.6) is 0 Å². The molecule has 31 heavy (non-hydrogen) atoms. The number of hydrogen-bond acceptors (Lipinski definition) is 4. The number of carbonyl (C=O) groups is 1. The van der Waals surface area contributed by atoms with Crippen molar-refractivity contribution in [2.24, 2.45) is 10.9 Å². The maximum Gasteiger partial charge on any atom is 0.250 e. The molecule has 0 spiro atoms. The molecule has 0 bridgehead atoms. The molecule has 1 N–H and O–H groups in total. The van der Waals surface area contributed by atoms with Gasteiger partial charge in [0.15, 0.2) is 5.54 Å². The lowest BCUT2D eigenvalue weighted by molar-refractivity contribution is -0.127. The van der Waals surface area contributed by atoms with E-state index in [-0.39, 0.29) is 11.9 Å². The minimum Gasteiger partial charge on any atom is -0.385 e. The second-order valence-electron chi connectivity index (χ2n) is 8.53. The fraction of sp³-hybridized carbons (Fsp3) is 0.440. The third kappa shape index (κ3) is 5.10. The second kappa shape index (κ2) is 9.84. The van der Waals surface area contributed by atoms with Gasteiger partial charge in [0.05, 0.1) is 12.4 Å². The summed E-state index contributed by atoms with van der Waals surface area (Å²) in [6, 6.07) is 17.8. The summed E-state index contributed by atoms with van der Waals surface area (Å²) in [5.41, 5.74) is 1.22. The van der Waals surface area contributed by atoms with Crippen LogP contribution in [0.3, 0.4) is 0 Å². The Balaban J connectivity index is 1.69. The fourth-order valence-corrected chi connectivity index (χ4v) is 4.46. The van der Waals surface area contributed by atoms with Crippen LogP contribution in [0.1, 0.15) is 36.4 Å². The van der Waals surface area contributed by atoms with E-state index in [1.54, 1.807) is 7.11 Å². The lowest BCUT2D eigenvalue weighted by Gasteiger charge is -2.37. The average molecular weight is 440 g/mol. The third-order valence-corrected chi connectivity index (χ3v) is 6.34. The van der Waals surface area contributed by atoms with Crippen molar-refractivity contribution in [2.45, 2.75) is 37.3 Å². The zero-order chi connectivity index (χ0) is 21.7. The molecule has 2 aromatic carbocycles. The Bertz CT molecular complexity index is 899. The van der Waals surface area contributed by atoms with E-state index in [9.17, 15) is 4.79 Å². The van der Waals surface area contributed by atoms with Gasteiger partial charge in [-0.1, -0.05) is 54.1 Å². The molecule has 4 rings (SSSR count). The molecule has 1 heterocycles. The predicted molar refractivity (Wildman–Crippen MR) is 124 cm³/mol. The van der Waals surface area contributed by atoms with E-state index in [1.165, 1.54) is 12.8 Å². The van der Waals surface area contributed by atoms with Crippen molar-refractivity contribution in [1.82, 2.24) is 10.2 Å². The molecule has 1 aliphatic heterocycles. The summed E-state index contributed by atoms with van der Waals surface area (Å²) in [6.45, 7) is 2.10. The van der Waals surface area contributed by atoms with Gasteiger partial charge in [0.25, 0.3) is 5.91 Å². The van der Waals surface area contributed by atoms with Crippen molar-refractivity contribution in [3.05, 3.63) is 70.7 Å². The molecule has 0 saturated heterocycles. The predicted octanol–water partition coefficient (Wildman–Crippen LogP) is 4.27. The number of nitrogens with zero attached hydrogens (tertiary/aromatic N) is 2. The van der Waals surface area contributed by atoms with Crippen LogP contribution in [-0.2, 0) is 16.0 Å². The summed E-state index contributed by atoms with van der Waals surface area (Å²) in [5.74, 6) is 0.639. The van der Waals surface area contributed by atoms with Gasteiger partial charge in [0.2, 0.25) is 0 Å². The Labute approximate surface area is 189 Å². The molecule has 0 unspecified atom stereocenters. The van der Waals surface area contributed by atoms with Crippen molar-refractivity contribution in [1.29, 1.82) is 0 Å². The van der Waals surface area contributed by atoms with E-state index in [4.69, 9.17) is 21.3 Å². The van der Waals surface area contributed by atoms with Gasteiger partial charge in [0.1, 0.15) is 0 Å². The average Bonchev–Trinajstić information content (AvgIpc) is 3.53. The maximum atomic E-state index is 13.7. The molecule has 1 fully saturated rings. The molecule has 1 aliphatic carbocycles. The van der Waals surface area contributed by atoms with Crippen molar-refractivity contribution in [3.8, 4) is 0 Å². The van der Waals surface area contributed by atoms with E-state index >= 15 is 0 Å². The summed E-state index contributed by atoms with van der Waals surface area (Å²) in [6.07, 6.45) is 5.69. The highest BCUT2D eigenvalue weighted by Gasteiger charge is 2.52. The van der Waals surface area contributed by atoms with E-state index in [1.807, 2.05) is 48.8 Å². The minimum atomic E-state index is -0.933. The summed E-state index contributed by atoms with van der Waals surface area (Å²) < 4.78 is 5.14. The van der Waals surface area contributed by atoms with Gasteiger partial charge in [0, 0.05) is 38.2 Å². The molecule has 0 radical (unpaired) electrons. The molecular formula is C25H30ClN3O2. The molecule has 0 aromatic heterocycles. The van der Waals surface area contributed by atoms with Crippen molar-refractivity contribution in [3.63, 3.8) is 0 Å². The first-order valence-corrected chi connectivity index (χ1v) is 11.4. The number of ether oxygens (including phenoxy) is 1. The molecule has 2 aliphatic rings. The van der Waals surface area contributed by atoms with Gasteiger partial charge < -0.3 is 15.0 Å². The van der Waals surface area contributed by atoms with Crippen LogP contribution < -0.4 is 5.32 Å². The van der Waals surface area contributed by atoms with Gasteiger partial charge in [-0.25, -0.2) is 0 Å². The zero-order valence-corrected chi connectivity index (χ0v) is 18.7. The Morgan fingerprint density at radius 1 is 1.19 bits per heavy atom. The molecule has 164 valence electrons. The summed E-state index contributed by atoms with van der Waals surface area (Å²) in [4.78, 5) is 20.9. The number of aliphatic imine (C=N–C) groups is 1. The second-order valence-corrected chi connectivity index (χ2v) is 8.96. The first kappa shape index (κ1) is 21.8. The van der Waals surface area contributed by atoms with E-state index in [0.29, 0.717) is 30.5 Å². The van der Waals surface area contributed by atoms with Crippen LogP contribution in [0.25, 0.3) is 0 Å². The monoisotopic (exact) mass is 439 g/mol. The van der Waals surface area contributed by atoms with E-state index in [2.05, 4.69) is 22.3 Å². The van der Waals surface area contributed by atoms with Crippen molar-refractivity contribution in [2.75, 3.05) is 26.8 Å². The number of nitrogens with one attached hydrogen (secondary N) is 1. The van der Waals surface area contributed by atoms with Crippen LogP contribution in [0.2, 0.25) is 5.02 Å². The van der Waals surface area contributed by atoms with Crippen LogP contribution in [0, 0.1) is 5.92 Å². The van der Waals surface area contributed by atoms with Gasteiger partial charge in [-0.05, 0) is 48.4 Å². The molecule has 2 atom stereocenters. The first-order valence-electron chi connectivity index (χ1n) is 11.0. The highest BCUT2D eigenvalue weighted by atomic mass is 35.5. The largest absolute Gasteiger partial charge is 0.385 e. The normalized spacial score (nSPS) is 22.6. The van der Waals surface area contributed by atoms with Crippen molar-refractivity contribution >= 4 is 23.8 Å². The Hall–Kier alpha value is -2.37. The topological polar surface area (TPSA) is 53.9 Å².